The van der Waals surface area contributed by atoms with Crippen molar-refractivity contribution in [1.82, 2.24) is 10.3 Å². The van der Waals surface area contributed by atoms with Crippen molar-refractivity contribution in [2.45, 2.75) is 13.3 Å². The summed E-state index contributed by atoms with van der Waals surface area (Å²) >= 11 is 1.29. The molecule has 2 rings (SSSR count). The van der Waals surface area contributed by atoms with Gasteiger partial charge in [0.25, 0.3) is 5.91 Å². The van der Waals surface area contributed by atoms with Crippen LogP contribution in [0.15, 0.2) is 12.1 Å². The normalized spacial score (nSPS) is 10.8. The molecule has 0 radical (unpaired) electrons. The van der Waals surface area contributed by atoms with Crippen LogP contribution >= 0.6 is 11.3 Å². The molecule has 0 spiro atoms. The lowest BCUT2D eigenvalue weighted by Crippen LogP contribution is -2.24. The van der Waals surface area contributed by atoms with Crippen molar-refractivity contribution in [2.75, 3.05) is 18.9 Å². The maximum Gasteiger partial charge on any atom is 0.263 e. The topological polar surface area (TPSA) is 88.2 Å². The molecule has 0 unspecified atom stereocenters. The minimum absolute atomic E-state index is 0.0585. The quantitative estimate of drug-likeness (QED) is 0.727. The molecule has 0 aromatic carbocycles. The standard InChI is InChI=1S/C12H15N3O2S/c1-7-3-4-8-9(13)10(18-12(8)15-7)11(17)14-5-2-6-16/h3-4,16H,2,5-6,13H2,1H3,(H,14,17). The molecule has 4 N–H and O–H groups in total. The summed E-state index contributed by atoms with van der Waals surface area (Å²) in [6.07, 6.45) is 0.536. The van der Waals surface area contributed by atoms with Crippen molar-refractivity contribution < 1.29 is 9.90 Å². The fourth-order valence-electron chi connectivity index (χ4n) is 1.62. The summed E-state index contributed by atoms with van der Waals surface area (Å²) < 4.78 is 0. The monoisotopic (exact) mass is 265 g/mol. The number of aliphatic hydroxyl groups is 1. The molecule has 2 aromatic heterocycles. The summed E-state index contributed by atoms with van der Waals surface area (Å²) in [5, 5.41) is 12.2. The highest BCUT2D eigenvalue weighted by Gasteiger charge is 2.16. The van der Waals surface area contributed by atoms with Crippen molar-refractivity contribution in [3.8, 4) is 0 Å². The molecule has 0 aliphatic rings. The van der Waals surface area contributed by atoms with Crippen LogP contribution < -0.4 is 11.1 Å². The fraction of sp³-hybridized carbons (Fsp3) is 0.333. The van der Waals surface area contributed by atoms with E-state index >= 15 is 0 Å². The van der Waals surface area contributed by atoms with Crippen LogP contribution in [-0.4, -0.2) is 29.1 Å². The van der Waals surface area contributed by atoms with E-state index in [4.69, 9.17) is 10.8 Å². The molecule has 18 heavy (non-hydrogen) atoms. The number of aromatic nitrogens is 1. The Balaban J connectivity index is 2.28. The van der Waals surface area contributed by atoms with E-state index in [0.717, 1.165) is 15.9 Å². The zero-order valence-corrected chi connectivity index (χ0v) is 10.9. The minimum atomic E-state index is -0.207. The molecule has 1 amide bonds. The molecule has 2 aromatic rings. The van der Waals surface area contributed by atoms with E-state index in [1.807, 2.05) is 19.1 Å². The highest BCUT2D eigenvalue weighted by atomic mass is 32.1. The average molecular weight is 265 g/mol. The second kappa shape index (κ2) is 5.32. The van der Waals surface area contributed by atoms with Gasteiger partial charge in [0.15, 0.2) is 0 Å². The van der Waals surface area contributed by atoms with Gasteiger partial charge in [-0.3, -0.25) is 4.79 Å². The molecule has 6 heteroatoms. The fourth-order valence-corrected chi connectivity index (χ4v) is 2.68. The number of aryl methyl sites for hydroxylation is 1. The summed E-state index contributed by atoms with van der Waals surface area (Å²) in [6, 6.07) is 3.76. The van der Waals surface area contributed by atoms with Gasteiger partial charge in [-0.2, -0.15) is 0 Å². The zero-order valence-electron chi connectivity index (χ0n) is 10.1. The van der Waals surface area contributed by atoms with Crippen molar-refractivity contribution in [3.05, 3.63) is 22.7 Å². The first-order valence-corrected chi connectivity index (χ1v) is 6.50. The Kier molecular flexibility index (Phi) is 3.78. The van der Waals surface area contributed by atoms with Gasteiger partial charge in [-0.25, -0.2) is 4.98 Å². The third kappa shape index (κ3) is 2.44. The minimum Gasteiger partial charge on any atom is -0.397 e. The molecule has 0 fully saturated rings. The first-order chi connectivity index (χ1) is 8.63. The summed E-state index contributed by atoms with van der Waals surface area (Å²) in [5.74, 6) is -0.207. The van der Waals surface area contributed by atoms with Crippen LogP contribution in [-0.2, 0) is 0 Å². The van der Waals surface area contributed by atoms with Crippen LogP contribution in [0.25, 0.3) is 10.2 Å². The molecular formula is C12H15N3O2S. The number of amides is 1. The number of fused-ring (bicyclic) bond motifs is 1. The summed E-state index contributed by atoms with van der Waals surface area (Å²) in [7, 11) is 0. The largest absolute Gasteiger partial charge is 0.397 e. The summed E-state index contributed by atoms with van der Waals surface area (Å²) in [4.78, 5) is 17.5. The molecule has 0 aliphatic heterocycles. The maximum atomic E-state index is 11.9. The lowest BCUT2D eigenvalue weighted by atomic mass is 10.2. The Labute approximate surface area is 109 Å². The number of hydrogen-bond donors (Lipinski definition) is 3. The van der Waals surface area contributed by atoms with Gasteiger partial charge in [0, 0.05) is 24.2 Å². The lowest BCUT2D eigenvalue weighted by Gasteiger charge is -2.02. The van der Waals surface area contributed by atoms with Crippen LogP contribution in [0.3, 0.4) is 0 Å². The van der Waals surface area contributed by atoms with Gasteiger partial charge in [-0.05, 0) is 25.5 Å². The first kappa shape index (κ1) is 12.8. The molecule has 0 saturated heterocycles. The number of nitrogens with zero attached hydrogens (tertiary/aromatic N) is 1. The summed E-state index contributed by atoms with van der Waals surface area (Å²) in [5.41, 5.74) is 7.33. The van der Waals surface area contributed by atoms with Gasteiger partial charge in [0.2, 0.25) is 0 Å². The van der Waals surface area contributed by atoms with Gasteiger partial charge in [0.05, 0.1) is 5.69 Å². The number of anilines is 1. The molecule has 2 heterocycles. The molecule has 0 aliphatic carbocycles. The van der Waals surface area contributed by atoms with Crippen LogP contribution in [0.4, 0.5) is 5.69 Å². The SMILES string of the molecule is Cc1ccc2c(N)c(C(=O)NCCCO)sc2n1. The van der Waals surface area contributed by atoms with E-state index in [-0.39, 0.29) is 12.5 Å². The predicted molar refractivity (Wildman–Crippen MR) is 72.8 cm³/mol. The third-order valence-electron chi connectivity index (χ3n) is 2.56. The highest BCUT2D eigenvalue weighted by molar-refractivity contribution is 7.21. The molecule has 96 valence electrons. The van der Waals surface area contributed by atoms with Crippen molar-refractivity contribution >= 4 is 33.1 Å². The van der Waals surface area contributed by atoms with Crippen molar-refractivity contribution in [2.24, 2.45) is 0 Å². The van der Waals surface area contributed by atoms with Crippen molar-refractivity contribution in [3.63, 3.8) is 0 Å². The van der Waals surface area contributed by atoms with Gasteiger partial charge in [-0.15, -0.1) is 11.3 Å². The number of carbonyl (C=O) groups excluding carboxylic acids is 1. The van der Waals surface area contributed by atoms with E-state index in [2.05, 4.69) is 10.3 Å². The smallest absolute Gasteiger partial charge is 0.263 e. The molecule has 0 atom stereocenters. The Morgan fingerprint density at radius 2 is 2.33 bits per heavy atom. The van der Waals surface area contributed by atoms with E-state index in [0.29, 0.717) is 23.5 Å². The third-order valence-corrected chi connectivity index (χ3v) is 3.67. The molecule has 5 nitrogen and oxygen atoms in total. The van der Waals surface area contributed by atoms with E-state index in [1.54, 1.807) is 0 Å². The number of aliphatic hydroxyl groups excluding tert-OH is 1. The second-order valence-electron chi connectivity index (χ2n) is 3.98. The Bertz CT molecular complexity index is 580. The number of carbonyl (C=O) groups is 1. The van der Waals surface area contributed by atoms with Gasteiger partial charge < -0.3 is 16.2 Å². The number of nitrogen functional groups attached to an aromatic ring is 1. The maximum absolute atomic E-state index is 11.9. The second-order valence-corrected chi connectivity index (χ2v) is 4.98. The number of thiophene rings is 1. The molecule has 0 saturated carbocycles. The number of rotatable bonds is 4. The first-order valence-electron chi connectivity index (χ1n) is 5.68. The Morgan fingerprint density at radius 1 is 1.56 bits per heavy atom. The number of nitrogens with one attached hydrogen (secondary N) is 1. The van der Waals surface area contributed by atoms with Gasteiger partial charge >= 0.3 is 0 Å². The van der Waals surface area contributed by atoms with Crippen molar-refractivity contribution in [1.29, 1.82) is 0 Å². The summed E-state index contributed by atoms with van der Waals surface area (Å²) in [6.45, 7) is 2.40. The van der Waals surface area contributed by atoms with E-state index in [1.165, 1.54) is 11.3 Å². The van der Waals surface area contributed by atoms with Gasteiger partial charge in [-0.1, -0.05) is 0 Å². The molecular weight excluding hydrogens is 250 g/mol. The van der Waals surface area contributed by atoms with E-state index < -0.39 is 0 Å². The number of nitrogens with two attached hydrogens (primary N) is 1. The highest BCUT2D eigenvalue weighted by Crippen LogP contribution is 2.32. The Morgan fingerprint density at radius 3 is 3.06 bits per heavy atom. The predicted octanol–water partition coefficient (Wildman–Crippen LogP) is 1.30. The van der Waals surface area contributed by atoms with Gasteiger partial charge in [0.1, 0.15) is 9.71 Å². The average Bonchev–Trinajstić information content (AvgIpc) is 2.66. The number of hydrogen-bond acceptors (Lipinski definition) is 5. The van der Waals surface area contributed by atoms with Crippen LogP contribution in [0, 0.1) is 6.92 Å². The zero-order chi connectivity index (χ0) is 13.1. The van der Waals surface area contributed by atoms with E-state index in [9.17, 15) is 4.79 Å². The van der Waals surface area contributed by atoms with Crippen LogP contribution in [0.2, 0.25) is 0 Å². The lowest BCUT2D eigenvalue weighted by molar-refractivity contribution is 0.0956. The molecule has 0 bridgehead atoms. The Hall–Kier alpha value is -1.66. The number of pyridine rings is 1. The van der Waals surface area contributed by atoms with Crippen LogP contribution in [0.5, 0.6) is 0 Å². The van der Waals surface area contributed by atoms with Crippen LogP contribution in [0.1, 0.15) is 21.8 Å².